The van der Waals surface area contributed by atoms with Crippen LogP contribution in [0.4, 0.5) is 4.39 Å². The second-order valence-corrected chi connectivity index (χ2v) is 6.73. The van der Waals surface area contributed by atoms with Gasteiger partial charge in [0, 0.05) is 32.2 Å². The SMILES string of the molecule is CN=C(NCCN(C)Cc1ccc(F)cc1)NCc1coc(-c2ccccc2)n1.I. The maximum Gasteiger partial charge on any atom is 0.226 e. The number of oxazole rings is 1. The zero-order valence-corrected chi connectivity index (χ0v) is 19.5. The summed E-state index contributed by atoms with van der Waals surface area (Å²) in [6.07, 6.45) is 1.65. The van der Waals surface area contributed by atoms with Crippen molar-refractivity contribution in [1.29, 1.82) is 0 Å². The Labute approximate surface area is 193 Å². The lowest BCUT2D eigenvalue weighted by atomic mass is 10.2. The Hall–Kier alpha value is -2.46. The third-order valence-electron chi connectivity index (χ3n) is 4.38. The molecule has 0 saturated carbocycles. The average molecular weight is 523 g/mol. The number of aromatic nitrogens is 1. The summed E-state index contributed by atoms with van der Waals surface area (Å²) >= 11 is 0. The summed E-state index contributed by atoms with van der Waals surface area (Å²) in [5.74, 6) is 1.09. The molecule has 160 valence electrons. The van der Waals surface area contributed by atoms with Crippen LogP contribution in [0, 0.1) is 5.82 Å². The molecule has 0 unspecified atom stereocenters. The normalized spacial score (nSPS) is 11.3. The number of nitrogens with zero attached hydrogens (tertiary/aromatic N) is 3. The van der Waals surface area contributed by atoms with E-state index in [9.17, 15) is 4.39 Å². The Morgan fingerprint density at radius 3 is 2.53 bits per heavy atom. The van der Waals surface area contributed by atoms with Crippen molar-refractivity contribution in [3.8, 4) is 11.5 Å². The van der Waals surface area contributed by atoms with E-state index in [0.29, 0.717) is 18.4 Å². The van der Waals surface area contributed by atoms with E-state index >= 15 is 0 Å². The summed E-state index contributed by atoms with van der Waals surface area (Å²) in [7, 11) is 3.76. The van der Waals surface area contributed by atoms with E-state index in [2.05, 4.69) is 25.5 Å². The van der Waals surface area contributed by atoms with Gasteiger partial charge in [0.05, 0.1) is 12.2 Å². The molecule has 0 spiro atoms. The second kappa shape index (κ2) is 12.3. The first-order valence-corrected chi connectivity index (χ1v) is 9.51. The van der Waals surface area contributed by atoms with Gasteiger partial charge in [0.15, 0.2) is 5.96 Å². The van der Waals surface area contributed by atoms with Crippen molar-refractivity contribution in [2.24, 2.45) is 4.99 Å². The monoisotopic (exact) mass is 523 g/mol. The highest BCUT2D eigenvalue weighted by atomic mass is 127. The van der Waals surface area contributed by atoms with Gasteiger partial charge in [-0.05, 0) is 36.9 Å². The quantitative estimate of drug-likeness (QED) is 0.267. The van der Waals surface area contributed by atoms with Crippen molar-refractivity contribution in [2.45, 2.75) is 13.1 Å². The van der Waals surface area contributed by atoms with Crippen molar-refractivity contribution in [2.75, 3.05) is 27.2 Å². The molecule has 0 atom stereocenters. The number of benzene rings is 2. The molecule has 0 bridgehead atoms. The Morgan fingerprint density at radius 2 is 1.83 bits per heavy atom. The Bertz CT molecular complexity index is 915. The van der Waals surface area contributed by atoms with Crippen LogP contribution in [0.15, 0.2) is 70.3 Å². The van der Waals surface area contributed by atoms with Crippen LogP contribution in [-0.4, -0.2) is 43.0 Å². The summed E-state index contributed by atoms with van der Waals surface area (Å²) in [6, 6.07) is 16.4. The molecular weight excluding hydrogens is 496 g/mol. The van der Waals surface area contributed by atoms with Gasteiger partial charge in [0.25, 0.3) is 0 Å². The minimum absolute atomic E-state index is 0. The zero-order chi connectivity index (χ0) is 20.5. The molecule has 0 radical (unpaired) electrons. The van der Waals surface area contributed by atoms with E-state index in [4.69, 9.17) is 4.42 Å². The highest BCUT2D eigenvalue weighted by Crippen LogP contribution is 2.17. The van der Waals surface area contributed by atoms with E-state index in [0.717, 1.165) is 36.5 Å². The number of halogens is 2. The standard InChI is InChI=1S/C22H26FN5O.HI/c1-24-22(25-12-13-28(2)15-17-8-10-19(23)11-9-17)26-14-20-16-29-21(27-20)18-6-4-3-5-7-18;/h3-11,16H,12-15H2,1-2H3,(H2,24,25,26);1H. The van der Waals surface area contributed by atoms with E-state index in [-0.39, 0.29) is 29.8 Å². The topological polar surface area (TPSA) is 65.7 Å². The molecule has 2 N–H and O–H groups in total. The van der Waals surface area contributed by atoms with Gasteiger partial charge in [-0.2, -0.15) is 0 Å². The molecule has 0 fully saturated rings. The summed E-state index contributed by atoms with van der Waals surface area (Å²) in [6.45, 7) is 2.82. The zero-order valence-electron chi connectivity index (χ0n) is 17.1. The molecule has 6 nitrogen and oxygen atoms in total. The number of hydrogen-bond acceptors (Lipinski definition) is 4. The number of rotatable bonds is 8. The highest BCUT2D eigenvalue weighted by Gasteiger charge is 2.07. The maximum atomic E-state index is 13.0. The molecule has 3 rings (SSSR count). The molecule has 1 heterocycles. The Kier molecular flexibility index (Phi) is 9.75. The van der Waals surface area contributed by atoms with Gasteiger partial charge in [-0.3, -0.25) is 4.99 Å². The third-order valence-corrected chi connectivity index (χ3v) is 4.38. The van der Waals surface area contributed by atoms with Gasteiger partial charge < -0.3 is 20.0 Å². The van der Waals surface area contributed by atoms with Gasteiger partial charge in [-0.1, -0.05) is 30.3 Å². The van der Waals surface area contributed by atoms with Crippen molar-refractivity contribution < 1.29 is 8.81 Å². The third kappa shape index (κ3) is 7.42. The van der Waals surface area contributed by atoms with Gasteiger partial charge in [-0.15, -0.1) is 24.0 Å². The van der Waals surface area contributed by atoms with Crippen molar-refractivity contribution >= 4 is 29.9 Å². The van der Waals surface area contributed by atoms with Crippen LogP contribution in [0.25, 0.3) is 11.5 Å². The minimum Gasteiger partial charge on any atom is -0.444 e. The Balaban J connectivity index is 0.00000320. The number of hydrogen-bond donors (Lipinski definition) is 2. The fourth-order valence-corrected chi connectivity index (χ4v) is 2.84. The van der Waals surface area contributed by atoms with Crippen molar-refractivity contribution in [3.63, 3.8) is 0 Å². The first-order valence-electron chi connectivity index (χ1n) is 9.51. The van der Waals surface area contributed by atoms with Gasteiger partial charge in [-0.25, -0.2) is 9.37 Å². The molecule has 0 aliphatic heterocycles. The molecule has 8 heteroatoms. The van der Waals surface area contributed by atoms with Gasteiger partial charge in [0.1, 0.15) is 12.1 Å². The number of nitrogens with one attached hydrogen (secondary N) is 2. The number of guanidine groups is 1. The lowest BCUT2D eigenvalue weighted by Crippen LogP contribution is -2.40. The van der Waals surface area contributed by atoms with E-state index < -0.39 is 0 Å². The predicted molar refractivity (Wildman–Crippen MR) is 128 cm³/mol. The van der Waals surface area contributed by atoms with E-state index in [1.54, 1.807) is 25.4 Å². The average Bonchev–Trinajstić information content (AvgIpc) is 3.22. The van der Waals surface area contributed by atoms with Crippen LogP contribution in [0.1, 0.15) is 11.3 Å². The fraction of sp³-hybridized carbons (Fsp3) is 0.273. The van der Waals surface area contributed by atoms with Gasteiger partial charge >= 0.3 is 0 Å². The Morgan fingerprint density at radius 1 is 1.10 bits per heavy atom. The number of likely N-dealkylation sites (N-methyl/N-ethyl adjacent to an activating group) is 1. The molecule has 30 heavy (non-hydrogen) atoms. The van der Waals surface area contributed by atoms with E-state index in [1.165, 1.54) is 12.1 Å². The lowest BCUT2D eigenvalue weighted by molar-refractivity contribution is 0.331. The molecule has 0 aliphatic carbocycles. The largest absolute Gasteiger partial charge is 0.444 e. The number of aliphatic imine (C=N–C) groups is 1. The smallest absolute Gasteiger partial charge is 0.226 e. The summed E-state index contributed by atoms with van der Waals surface area (Å²) < 4.78 is 18.5. The summed E-state index contributed by atoms with van der Waals surface area (Å²) in [4.78, 5) is 10.9. The van der Waals surface area contributed by atoms with Crippen molar-refractivity contribution in [1.82, 2.24) is 20.5 Å². The van der Waals surface area contributed by atoms with Crippen LogP contribution in [0.5, 0.6) is 0 Å². The van der Waals surface area contributed by atoms with Crippen LogP contribution in [-0.2, 0) is 13.1 Å². The van der Waals surface area contributed by atoms with Crippen LogP contribution < -0.4 is 10.6 Å². The van der Waals surface area contributed by atoms with Crippen LogP contribution in [0.3, 0.4) is 0 Å². The van der Waals surface area contributed by atoms with Crippen LogP contribution in [0.2, 0.25) is 0 Å². The van der Waals surface area contributed by atoms with Crippen LogP contribution >= 0.6 is 24.0 Å². The first-order chi connectivity index (χ1) is 14.1. The van der Waals surface area contributed by atoms with Gasteiger partial charge in [0.2, 0.25) is 5.89 Å². The summed E-state index contributed by atoms with van der Waals surface area (Å²) in [5.41, 5.74) is 2.84. The second-order valence-electron chi connectivity index (χ2n) is 6.73. The highest BCUT2D eigenvalue weighted by molar-refractivity contribution is 14.0. The first kappa shape index (κ1) is 23.8. The summed E-state index contributed by atoms with van der Waals surface area (Å²) in [5, 5.41) is 6.52. The minimum atomic E-state index is -0.212. The fourth-order valence-electron chi connectivity index (χ4n) is 2.84. The molecule has 1 aromatic heterocycles. The van der Waals surface area contributed by atoms with E-state index in [1.807, 2.05) is 37.4 Å². The lowest BCUT2D eigenvalue weighted by Gasteiger charge is -2.18. The molecule has 2 aromatic carbocycles. The predicted octanol–water partition coefficient (Wildman–Crippen LogP) is 3.90. The molecule has 3 aromatic rings. The maximum absolute atomic E-state index is 13.0. The molecule has 0 aliphatic rings. The molecular formula is C22H27FIN5O. The molecule has 0 amide bonds. The van der Waals surface area contributed by atoms with Crippen molar-refractivity contribution in [3.05, 3.63) is 77.9 Å². The molecule has 0 saturated heterocycles.